The minimum absolute atomic E-state index is 0.130. The summed E-state index contributed by atoms with van der Waals surface area (Å²) < 4.78 is 14.5. The van der Waals surface area contributed by atoms with Gasteiger partial charge in [0.15, 0.2) is 0 Å². The summed E-state index contributed by atoms with van der Waals surface area (Å²) in [6.45, 7) is 4.29. The molecule has 0 aromatic heterocycles. The summed E-state index contributed by atoms with van der Waals surface area (Å²) in [5.74, 6) is 1.14. The Morgan fingerprint density at radius 2 is 2.13 bits per heavy atom. The smallest absolute Gasteiger partial charge is 0.127 e. The number of alkyl halides is 1. The second-order valence-corrected chi connectivity index (χ2v) is 5.95. The molecule has 1 saturated carbocycles. The maximum Gasteiger partial charge on any atom is 0.127 e. The summed E-state index contributed by atoms with van der Waals surface area (Å²) in [5, 5.41) is 0. The zero-order valence-corrected chi connectivity index (χ0v) is 11.1. The van der Waals surface area contributed by atoms with E-state index < -0.39 is 0 Å². The molecule has 2 rings (SSSR count). The van der Waals surface area contributed by atoms with E-state index in [1.54, 1.807) is 0 Å². The minimum atomic E-state index is -0.130. The van der Waals surface area contributed by atoms with Crippen molar-refractivity contribution in [2.75, 3.05) is 5.88 Å². The highest BCUT2D eigenvalue weighted by molar-refractivity contribution is 9.10. The van der Waals surface area contributed by atoms with Crippen molar-refractivity contribution in [3.05, 3.63) is 34.1 Å². The first-order chi connectivity index (χ1) is 6.98. The van der Waals surface area contributed by atoms with Crippen molar-refractivity contribution in [2.24, 2.45) is 11.3 Å². The van der Waals surface area contributed by atoms with Crippen molar-refractivity contribution < 1.29 is 4.39 Å². The first kappa shape index (κ1) is 11.4. The molecule has 3 heteroatoms. The second-order valence-electron chi connectivity index (χ2n) is 4.73. The Labute approximate surface area is 103 Å². The van der Waals surface area contributed by atoms with Gasteiger partial charge in [-0.25, -0.2) is 4.39 Å². The molecule has 2 atom stereocenters. The highest BCUT2D eigenvalue weighted by atomic mass is 79.9. The van der Waals surface area contributed by atoms with E-state index in [-0.39, 0.29) is 17.2 Å². The Bertz CT molecular complexity index is 389. The fourth-order valence-electron chi connectivity index (χ4n) is 2.40. The standard InChI is InChI=1S/C12H13BrClF/c1-12(2)9(6-14)11(12)8-4-3-7(13)5-10(8)15/h3-5,9,11H,6H2,1-2H3. The summed E-state index contributed by atoms with van der Waals surface area (Å²) in [6.07, 6.45) is 0. The Hall–Kier alpha value is -0.0800. The molecule has 0 heterocycles. The Morgan fingerprint density at radius 1 is 1.47 bits per heavy atom. The van der Waals surface area contributed by atoms with Crippen LogP contribution in [-0.4, -0.2) is 5.88 Å². The van der Waals surface area contributed by atoms with Crippen molar-refractivity contribution >= 4 is 27.5 Å². The fraction of sp³-hybridized carbons (Fsp3) is 0.500. The Balaban J connectivity index is 2.33. The molecule has 0 amide bonds. The predicted molar refractivity (Wildman–Crippen MR) is 64.8 cm³/mol. The zero-order valence-electron chi connectivity index (χ0n) is 8.73. The first-order valence-corrected chi connectivity index (χ1v) is 6.32. The fourth-order valence-corrected chi connectivity index (χ4v) is 3.31. The molecular formula is C12H13BrClF. The van der Waals surface area contributed by atoms with Crippen molar-refractivity contribution in [3.63, 3.8) is 0 Å². The lowest BCUT2D eigenvalue weighted by atomic mass is 10.0. The number of halogens is 3. The van der Waals surface area contributed by atoms with E-state index in [1.165, 1.54) is 6.07 Å². The minimum Gasteiger partial charge on any atom is -0.207 e. The van der Waals surface area contributed by atoms with Crippen LogP contribution >= 0.6 is 27.5 Å². The first-order valence-electron chi connectivity index (χ1n) is 4.99. The van der Waals surface area contributed by atoms with Crippen molar-refractivity contribution in [1.29, 1.82) is 0 Å². The van der Waals surface area contributed by atoms with Crippen LogP contribution in [-0.2, 0) is 0 Å². The van der Waals surface area contributed by atoms with Crippen LogP contribution in [0.15, 0.2) is 22.7 Å². The van der Waals surface area contributed by atoms with Gasteiger partial charge < -0.3 is 0 Å². The van der Waals surface area contributed by atoms with Gasteiger partial charge in [0.1, 0.15) is 5.82 Å². The van der Waals surface area contributed by atoms with Gasteiger partial charge in [0.2, 0.25) is 0 Å². The molecular weight excluding hydrogens is 278 g/mol. The van der Waals surface area contributed by atoms with Crippen LogP contribution in [0, 0.1) is 17.2 Å². The van der Waals surface area contributed by atoms with Gasteiger partial charge in [0.05, 0.1) is 0 Å². The molecule has 0 saturated heterocycles. The van der Waals surface area contributed by atoms with Crippen LogP contribution in [0.5, 0.6) is 0 Å². The topological polar surface area (TPSA) is 0 Å². The molecule has 0 aliphatic heterocycles. The SMILES string of the molecule is CC1(C)C(CCl)C1c1ccc(Br)cc1F. The quantitative estimate of drug-likeness (QED) is 0.700. The van der Waals surface area contributed by atoms with Crippen molar-refractivity contribution in [1.82, 2.24) is 0 Å². The molecule has 0 spiro atoms. The lowest BCUT2D eigenvalue weighted by Crippen LogP contribution is -1.93. The van der Waals surface area contributed by atoms with Gasteiger partial charge in [0.25, 0.3) is 0 Å². The third kappa shape index (κ3) is 1.83. The van der Waals surface area contributed by atoms with Gasteiger partial charge in [-0.3, -0.25) is 0 Å². The number of benzene rings is 1. The van der Waals surface area contributed by atoms with E-state index in [2.05, 4.69) is 29.8 Å². The molecule has 0 N–H and O–H groups in total. The van der Waals surface area contributed by atoms with Crippen LogP contribution in [0.4, 0.5) is 4.39 Å². The lowest BCUT2D eigenvalue weighted by molar-refractivity contribution is 0.562. The largest absolute Gasteiger partial charge is 0.207 e. The summed E-state index contributed by atoms with van der Waals surface area (Å²) >= 11 is 9.14. The third-order valence-corrected chi connectivity index (χ3v) is 4.34. The van der Waals surface area contributed by atoms with E-state index in [0.717, 1.165) is 10.0 Å². The van der Waals surface area contributed by atoms with E-state index in [9.17, 15) is 4.39 Å². The van der Waals surface area contributed by atoms with Gasteiger partial charge in [-0.1, -0.05) is 35.8 Å². The predicted octanol–water partition coefficient (Wildman–Crippen LogP) is 4.57. The summed E-state index contributed by atoms with van der Waals surface area (Å²) in [6, 6.07) is 5.27. The molecule has 1 aromatic rings. The molecule has 0 radical (unpaired) electrons. The van der Waals surface area contributed by atoms with E-state index in [4.69, 9.17) is 11.6 Å². The monoisotopic (exact) mass is 290 g/mol. The Morgan fingerprint density at radius 3 is 2.60 bits per heavy atom. The molecule has 0 nitrogen and oxygen atoms in total. The van der Waals surface area contributed by atoms with Gasteiger partial charge >= 0.3 is 0 Å². The highest BCUT2D eigenvalue weighted by Gasteiger charge is 2.58. The third-order valence-electron chi connectivity index (χ3n) is 3.51. The number of hydrogen-bond donors (Lipinski definition) is 0. The summed E-state index contributed by atoms with van der Waals surface area (Å²) in [7, 11) is 0. The van der Waals surface area contributed by atoms with Crippen LogP contribution in [0.2, 0.25) is 0 Å². The van der Waals surface area contributed by atoms with Crippen LogP contribution in [0.1, 0.15) is 25.3 Å². The maximum atomic E-state index is 13.7. The molecule has 1 aliphatic carbocycles. The van der Waals surface area contributed by atoms with Gasteiger partial charge in [0, 0.05) is 10.4 Å². The molecule has 1 aromatic carbocycles. The van der Waals surface area contributed by atoms with Crippen LogP contribution in [0.3, 0.4) is 0 Å². The van der Waals surface area contributed by atoms with E-state index in [0.29, 0.717) is 11.8 Å². The summed E-state index contributed by atoms with van der Waals surface area (Å²) in [4.78, 5) is 0. The van der Waals surface area contributed by atoms with E-state index in [1.807, 2.05) is 12.1 Å². The van der Waals surface area contributed by atoms with Crippen LogP contribution < -0.4 is 0 Å². The highest BCUT2D eigenvalue weighted by Crippen LogP contribution is 2.65. The molecule has 82 valence electrons. The van der Waals surface area contributed by atoms with Gasteiger partial charge in [-0.15, -0.1) is 11.6 Å². The van der Waals surface area contributed by atoms with Crippen molar-refractivity contribution in [3.8, 4) is 0 Å². The van der Waals surface area contributed by atoms with Gasteiger partial charge in [-0.05, 0) is 34.9 Å². The van der Waals surface area contributed by atoms with E-state index >= 15 is 0 Å². The molecule has 0 bridgehead atoms. The lowest BCUT2D eigenvalue weighted by Gasteiger charge is -2.05. The second kappa shape index (κ2) is 3.74. The summed E-state index contributed by atoms with van der Waals surface area (Å²) in [5.41, 5.74) is 0.935. The average molecular weight is 292 g/mol. The molecule has 15 heavy (non-hydrogen) atoms. The van der Waals surface area contributed by atoms with Crippen LogP contribution in [0.25, 0.3) is 0 Å². The average Bonchev–Trinajstić information content (AvgIpc) is 2.68. The van der Waals surface area contributed by atoms with Crippen molar-refractivity contribution in [2.45, 2.75) is 19.8 Å². The van der Waals surface area contributed by atoms with Gasteiger partial charge in [-0.2, -0.15) is 0 Å². The normalized spacial score (nSPS) is 27.8. The molecule has 1 aliphatic rings. The Kier molecular flexibility index (Phi) is 2.85. The number of rotatable bonds is 2. The molecule has 2 unspecified atom stereocenters. The zero-order chi connectivity index (χ0) is 11.2. The molecule has 1 fully saturated rings. The number of hydrogen-bond acceptors (Lipinski definition) is 0. The maximum absolute atomic E-state index is 13.7.